The second kappa shape index (κ2) is 5.75. The molecule has 1 amide bonds. The highest BCUT2D eigenvalue weighted by atomic mass is 16.5. The number of aromatic amines is 1. The van der Waals surface area contributed by atoms with Crippen molar-refractivity contribution in [1.29, 1.82) is 0 Å². The molecule has 1 aromatic carbocycles. The van der Waals surface area contributed by atoms with Crippen molar-refractivity contribution in [3.8, 4) is 5.75 Å². The Bertz CT molecular complexity index is 577. The highest BCUT2D eigenvalue weighted by Crippen LogP contribution is 2.28. The first kappa shape index (κ1) is 13.4. The van der Waals surface area contributed by atoms with E-state index >= 15 is 0 Å². The quantitative estimate of drug-likeness (QED) is 0.762. The van der Waals surface area contributed by atoms with Gasteiger partial charge in [-0.3, -0.25) is 4.79 Å². The molecule has 0 saturated heterocycles. The molecule has 1 heterocycles. The average Bonchev–Trinajstić information content (AvgIpc) is 2.82. The molecule has 102 valence electrons. The van der Waals surface area contributed by atoms with E-state index in [-0.39, 0.29) is 18.4 Å². The Balaban J connectivity index is 2.33. The first-order chi connectivity index (χ1) is 9.15. The van der Waals surface area contributed by atoms with Crippen molar-refractivity contribution in [2.75, 3.05) is 20.3 Å². The molecular formula is C14H18N2O3. The molecule has 5 nitrogen and oxygen atoms in total. The summed E-state index contributed by atoms with van der Waals surface area (Å²) >= 11 is 0. The number of ether oxygens (including phenoxy) is 1. The Kier molecular flexibility index (Phi) is 4.06. The van der Waals surface area contributed by atoms with E-state index in [0.29, 0.717) is 6.54 Å². The summed E-state index contributed by atoms with van der Waals surface area (Å²) in [4.78, 5) is 14.1. The standard InChI is InChI=1S/C14H18N2O3/c1-9(18)15-6-10(8-17)13-7-16-14-4-3-11(19-2)5-12(13)14/h3-5,7,10,16-17H,6,8H2,1-2H3,(H,15,18)/t10-/m0/s1. The molecule has 0 radical (unpaired) electrons. The van der Waals surface area contributed by atoms with Gasteiger partial charge in [-0.15, -0.1) is 0 Å². The number of aliphatic hydroxyl groups excluding tert-OH is 1. The van der Waals surface area contributed by atoms with Crippen LogP contribution in [0.15, 0.2) is 24.4 Å². The second-order valence-electron chi connectivity index (χ2n) is 4.47. The third-order valence-electron chi connectivity index (χ3n) is 3.18. The fraction of sp³-hybridized carbons (Fsp3) is 0.357. The first-order valence-electron chi connectivity index (χ1n) is 6.16. The maximum Gasteiger partial charge on any atom is 0.216 e. The third-order valence-corrected chi connectivity index (χ3v) is 3.18. The van der Waals surface area contributed by atoms with Crippen molar-refractivity contribution in [2.24, 2.45) is 0 Å². The summed E-state index contributed by atoms with van der Waals surface area (Å²) in [6.07, 6.45) is 1.87. The topological polar surface area (TPSA) is 74.3 Å². The summed E-state index contributed by atoms with van der Waals surface area (Å²) in [5.41, 5.74) is 1.96. The highest BCUT2D eigenvalue weighted by Gasteiger charge is 2.16. The van der Waals surface area contributed by atoms with Gasteiger partial charge in [0, 0.05) is 36.5 Å². The number of amides is 1. The van der Waals surface area contributed by atoms with Gasteiger partial charge in [-0.05, 0) is 23.8 Å². The van der Waals surface area contributed by atoms with E-state index in [2.05, 4.69) is 10.3 Å². The lowest BCUT2D eigenvalue weighted by Gasteiger charge is -2.14. The van der Waals surface area contributed by atoms with Crippen LogP contribution in [-0.4, -0.2) is 36.3 Å². The predicted octanol–water partition coefficient (Wildman–Crippen LogP) is 1.39. The second-order valence-corrected chi connectivity index (χ2v) is 4.47. The molecule has 19 heavy (non-hydrogen) atoms. The van der Waals surface area contributed by atoms with Gasteiger partial charge >= 0.3 is 0 Å². The van der Waals surface area contributed by atoms with Gasteiger partial charge in [0.25, 0.3) is 0 Å². The van der Waals surface area contributed by atoms with E-state index in [1.54, 1.807) is 7.11 Å². The number of H-pyrrole nitrogens is 1. The van der Waals surface area contributed by atoms with Crippen molar-refractivity contribution in [3.63, 3.8) is 0 Å². The molecule has 0 bridgehead atoms. The summed E-state index contributed by atoms with van der Waals surface area (Å²) in [5.74, 6) is 0.533. The van der Waals surface area contributed by atoms with E-state index in [0.717, 1.165) is 22.2 Å². The third kappa shape index (κ3) is 2.88. The monoisotopic (exact) mass is 262 g/mol. The summed E-state index contributed by atoms with van der Waals surface area (Å²) in [6.45, 7) is 1.85. The van der Waals surface area contributed by atoms with E-state index in [4.69, 9.17) is 4.74 Å². The lowest BCUT2D eigenvalue weighted by molar-refractivity contribution is -0.119. The molecular weight excluding hydrogens is 244 g/mol. The zero-order valence-corrected chi connectivity index (χ0v) is 11.1. The maximum atomic E-state index is 11.0. The van der Waals surface area contributed by atoms with E-state index in [1.165, 1.54) is 6.92 Å². The van der Waals surface area contributed by atoms with Crippen molar-refractivity contribution in [2.45, 2.75) is 12.8 Å². The van der Waals surface area contributed by atoms with Gasteiger partial charge in [0.05, 0.1) is 13.7 Å². The molecule has 2 rings (SSSR count). The Morgan fingerprint density at radius 3 is 2.95 bits per heavy atom. The van der Waals surface area contributed by atoms with Gasteiger partial charge in [0.2, 0.25) is 5.91 Å². The van der Waals surface area contributed by atoms with Crippen molar-refractivity contribution >= 4 is 16.8 Å². The number of benzene rings is 1. The number of aliphatic hydroxyl groups is 1. The Labute approximate surface area is 111 Å². The molecule has 5 heteroatoms. The number of hydrogen-bond acceptors (Lipinski definition) is 3. The molecule has 0 aliphatic carbocycles. The van der Waals surface area contributed by atoms with Gasteiger partial charge in [-0.2, -0.15) is 0 Å². The largest absolute Gasteiger partial charge is 0.497 e. The Morgan fingerprint density at radius 1 is 1.53 bits per heavy atom. The number of carbonyl (C=O) groups excluding carboxylic acids is 1. The SMILES string of the molecule is COc1ccc2[nH]cc([C@H](CO)CNC(C)=O)c2c1. The van der Waals surface area contributed by atoms with Gasteiger partial charge in [-0.25, -0.2) is 0 Å². The van der Waals surface area contributed by atoms with Crippen LogP contribution in [0, 0.1) is 0 Å². The number of fused-ring (bicyclic) bond motifs is 1. The van der Waals surface area contributed by atoms with Crippen LogP contribution in [-0.2, 0) is 4.79 Å². The molecule has 0 fully saturated rings. The van der Waals surface area contributed by atoms with Gasteiger partial charge in [-0.1, -0.05) is 0 Å². The fourth-order valence-corrected chi connectivity index (χ4v) is 2.13. The lowest BCUT2D eigenvalue weighted by atomic mass is 9.99. The van der Waals surface area contributed by atoms with Crippen LogP contribution >= 0.6 is 0 Å². The first-order valence-corrected chi connectivity index (χ1v) is 6.16. The average molecular weight is 262 g/mol. The molecule has 3 N–H and O–H groups in total. The van der Waals surface area contributed by atoms with Crippen LogP contribution in [0.2, 0.25) is 0 Å². The number of carbonyl (C=O) groups is 1. The summed E-state index contributed by atoms with van der Waals surface area (Å²) in [7, 11) is 1.62. The number of nitrogens with one attached hydrogen (secondary N) is 2. The molecule has 0 saturated carbocycles. The van der Waals surface area contributed by atoms with E-state index in [9.17, 15) is 9.90 Å². The zero-order chi connectivity index (χ0) is 13.8. The van der Waals surface area contributed by atoms with Crippen molar-refractivity contribution in [3.05, 3.63) is 30.0 Å². The van der Waals surface area contributed by atoms with E-state index in [1.807, 2.05) is 24.4 Å². The van der Waals surface area contributed by atoms with Gasteiger partial charge < -0.3 is 20.1 Å². The predicted molar refractivity (Wildman–Crippen MR) is 73.4 cm³/mol. The lowest BCUT2D eigenvalue weighted by Crippen LogP contribution is -2.27. The molecule has 0 aliphatic rings. The molecule has 0 aliphatic heterocycles. The van der Waals surface area contributed by atoms with Crippen LogP contribution in [0.3, 0.4) is 0 Å². The number of aromatic nitrogens is 1. The minimum absolute atomic E-state index is 0.0234. The molecule has 0 unspecified atom stereocenters. The van der Waals surface area contributed by atoms with Crippen LogP contribution < -0.4 is 10.1 Å². The Hall–Kier alpha value is -2.01. The Morgan fingerprint density at radius 2 is 2.32 bits per heavy atom. The normalized spacial score (nSPS) is 12.4. The zero-order valence-electron chi connectivity index (χ0n) is 11.1. The summed E-state index contributed by atoms with van der Waals surface area (Å²) in [5, 5.41) is 13.2. The molecule has 2 aromatic rings. The number of hydrogen-bond donors (Lipinski definition) is 3. The molecule has 1 aromatic heterocycles. The number of rotatable bonds is 5. The minimum atomic E-state index is -0.134. The van der Waals surface area contributed by atoms with Crippen LogP contribution in [0.1, 0.15) is 18.4 Å². The maximum absolute atomic E-state index is 11.0. The van der Waals surface area contributed by atoms with Gasteiger partial charge in [0.15, 0.2) is 0 Å². The smallest absolute Gasteiger partial charge is 0.216 e. The fourth-order valence-electron chi connectivity index (χ4n) is 2.13. The number of methoxy groups -OCH3 is 1. The van der Waals surface area contributed by atoms with Crippen molar-refractivity contribution in [1.82, 2.24) is 10.3 Å². The van der Waals surface area contributed by atoms with Gasteiger partial charge in [0.1, 0.15) is 5.75 Å². The van der Waals surface area contributed by atoms with Crippen molar-refractivity contribution < 1.29 is 14.6 Å². The minimum Gasteiger partial charge on any atom is -0.497 e. The molecule has 1 atom stereocenters. The van der Waals surface area contributed by atoms with Crippen LogP contribution in [0.25, 0.3) is 10.9 Å². The highest BCUT2D eigenvalue weighted by molar-refractivity contribution is 5.85. The van der Waals surface area contributed by atoms with E-state index < -0.39 is 0 Å². The van der Waals surface area contributed by atoms with Crippen LogP contribution in [0.5, 0.6) is 5.75 Å². The summed E-state index contributed by atoms with van der Waals surface area (Å²) in [6, 6.07) is 5.74. The summed E-state index contributed by atoms with van der Waals surface area (Å²) < 4.78 is 5.21. The molecule has 0 spiro atoms. The van der Waals surface area contributed by atoms with Crippen LogP contribution in [0.4, 0.5) is 0 Å².